The zero-order valence-corrected chi connectivity index (χ0v) is 6.89. The van der Waals surface area contributed by atoms with Gasteiger partial charge >= 0.3 is 0 Å². The van der Waals surface area contributed by atoms with Crippen LogP contribution in [-0.2, 0) is 0 Å². The van der Waals surface area contributed by atoms with Crippen molar-refractivity contribution in [3.8, 4) is 5.75 Å². The van der Waals surface area contributed by atoms with Gasteiger partial charge in [0.1, 0.15) is 5.75 Å². The van der Waals surface area contributed by atoms with Gasteiger partial charge in [-0.3, -0.25) is 4.79 Å². The van der Waals surface area contributed by atoms with Crippen LogP contribution in [0.1, 0.15) is 11.1 Å². The lowest BCUT2D eigenvalue weighted by atomic mass is 10.2. The van der Waals surface area contributed by atoms with Crippen LogP contribution in [0, 0.1) is 13.8 Å². The van der Waals surface area contributed by atoms with E-state index in [2.05, 4.69) is 4.98 Å². The molecule has 1 heterocycles. The summed E-state index contributed by atoms with van der Waals surface area (Å²) >= 11 is 0. The highest BCUT2D eigenvalue weighted by Gasteiger charge is 2.04. The number of rotatable bonds is 1. The van der Waals surface area contributed by atoms with Crippen molar-refractivity contribution in [3.05, 3.63) is 27.7 Å². The molecule has 0 aliphatic rings. The summed E-state index contributed by atoms with van der Waals surface area (Å²) in [6.07, 6.45) is 1.65. The van der Waals surface area contributed by atoms with E-state index in [0.29, 0.717) is 11.3 Å². The Kier molecular flexibility index (Phi) is 1.98. The fourth-order valence-corrected chi connectivity index (χ4v) is 1.06. The van der Waals surface area contributed by atoms with Crippen molar-refractivity contribution >= 4 is 0 Å². The van der Waals surface area contributed by atoms with Gasteiger partial charge in [-0.25, -0.2) is 0 Å². The predicted molar refractivity (Wildman–Crippen MR) is 43.1 cm³/mol. The van der Waals surface area contributed by atoms with Gasteiger partial charge in [0.2, 0.25) is 0 Å². The molecule has 1 rings (SSSR count). The average Bonchev–Trinajstić information content (AvgIpc) is 1.99. The van der Waals surface area contributed by atoms with E-state index in [9.17, 15) is 4.79 Å². The van der Waals surface area contributed by atoms with Gasteiger partial charge in [0.05, 0.1) is 12.7 Å². The molecule has 1 N–H and O–H groups in total. The number of aromatic nitrogens is 1. The maximum atomic E-state index is 11.0. The third kappa shape index (κ3) is 1.27. The zero-order valence-electron chi connectivity index (χ0n) is 6.89. The van der Waals surface area contributed by atoms with Crippen LogP contribution in [0.25, 0.3) is 0 Å². The van der Waals surface area contributed by atoms with Crippen LogP contribution < -0.4 is 10.3 Å². The number of methoxy groups -OCH3 is 1. The van der Waals surface area contributed by atoms with E-state index >= 15 is 0 Å². The largest absolute Gasteiger partial charge is 0.496 e. The summed E-state index contributed by atoms with van der Waals surface area (Å²) in [6.45, 7) is 3.63. The van der Waals surface area contributed by atoms with Crippen molar-refractivity contribution in [1.82, 2.24) is 4.98 Å². The average molecular weight is 153 g/mol. The Morgan fingerprint density at radius 2 is 2.09 bits per heavy atom. The van der Waals surface area contributed by atoms with Crippen molar-refractivity contribution in [2.75, 3.05) is 7.11 Å². The second-order valence-corrected chi connectivity index (χ2v) is 2.46. The summed E-state index contributed by atoms with van der Waals surface area (Å²) in [7, 11) is 1.56. The summed E-state index contributed by atoms with van der Waals surface area (Å²) in [6, 6.07) is 0. The van der Waals surface area contributed by atoms with Crippen LogP contribution in [0.3, 0.4) is 0 Å². The van der Waals surface area contributed by atoms with E-state index in [-0.39, 0.29) is 5.56 Å². The molecular formula is C8H11NO2. The molecule has 3 nitrogen and oxygen atoms in total. The molecule has 0 saturated carbocycles. The van der Waals surface area contributed by atoms with Crippen LogP contribution in [0.4, 0.5) is 0 Å². The highest BCUT2D eigenvalue weighted by Crippen LogP contribution is 2.16. The lowest BCUT2D eigenvalue weighted by molar-refractivity contribution is 0.407. The number of hydrogen-bond donors (Lipinski definition) is 1. The van der Waals surface area contributed by atoms with Crippen LogP contribution >= 0.6 is 0 Å². The van der Waals surface area contributed by atoms with Crippen LogP contribution in [0.5, 0.6) is 5.75 Å². The molecule has 0 aromatic carbocycles. The first-order chi connectivity index (χ1) is 5.16. The second kappa shape index (κ2) is 2.78. The quantitative estimate of drug-likeness (QED) is 0.654. The minimum Gasteiger partial charge on any atom is -0.496 e. The molecule has 11 heavy (non-hydrogen) atoms. The number of nitrogens with one attached hydrogen (secondary N) is 1. The summed E-state index contributed by atoms with van der Waals surface area (Å²) in [5.41, 5.74) is 1.49. The van der Waals surface area contributed by atoms with E-state index < -0.39 is 0 Å². The molecule has 0 amide bonds. The molecule has 1 aromatic heterocycles. The Hall–Kier alpha value is -1.25. The Labute approximate surface area is 65.0 Å². The van der Waals surface area contributed by atoms with Crippen molar-refractivity contribution < 1.29 is 4.74 Å². The first-order valence-electron chi connectivity index (χ1n) is 3.39. The molecule has 0 spiro atoms. The molecule has 0 radical (unpaired) electrons. The Bertz CT molecular complexity index is 314. The fraction of sp³-hybridized carbons (Fsp3) is 0.375. The number of H-pyrrole nitrogens is 1. The van der Waals surface area contributed by atoms with Gasteiger partial charge in [-0.2, -0.15) is 0 Å². The first-order valence-corrected chi connectivity index (χ1v) is 3.39. The fourth-order valence-electron chi connectivity index (χ4n) is 1.06. The van der Waals surface area contributed by atoms with E-state index in [4.69, 9.17) is 4.74 Å². The number of aromatic amines is 1. The Morgan fingerprint density at radius 3 is 2.55 bits per heavy atom. The second-order valence-electron chi connectivity index (χ2n) is 2.46. The SMILES string of the molecule is COc1c(C)c[nH]c(=O)c1C. The van der Waals surface area contributed by atoms with Crippen LogP contribution in [0.2, 0.25) is 0 Å². The Balaban J connectivity index is 3.41. The van der Waals surface area contributed by atoms with Crippen molar-refractivity contribution in [3.63, 3.8) is 0 Å². The number of ether oxygens (including phenoxy) is 1. The Morgan fingerprint density at radius 1 is 1.45 bits per heavy atom. The lowest BCUT2D eigenvalue weighted by Crippen LogP contribution is -2.10. The minimum absolute atomic E-state index is 0.0903. The van der Waals surface area contributed by atoms with Gasteiger partial charge in [-0.1, -0.05) is 0 Å². The van der Waals surface area contributed by atoms with Gasteiger partial charge in [0.25, 0.3) is 5.56 Å². The van der Waals surface area contributed by atoms with Crippen molar-refractivity contribution in [2.45, 2.75) is 13.8 Å². The number of hydrogen-bond acceptors (Lipinski definition) is 2. The minimum atomic E-state index is -0.0903. The molecule has 0 aliphatic carbocycles. The van der Waals surface area contributed by atoms with Crippen molar-refractivity contribution in [2.24, 2.45) is 0 Å². The highest BCUT2D eigenvalue weighted by molar-refractivity contribution is 5.36. The summed E-state index contributed by atoms with van der Waals surface area (Å²) in [4.78, 5) is 13.6. The summed E-state index contributed by atoms with van der Waals surface area (Å²) in [5.74, 6) is 0.675. The smallest absolute Gasteiger partial charge is 0.254 e. The summed E-state index contributed by atoms with van der Waals surface area (Å²) < 4.78 is 5.04. The molecule has 1 aromatic rings. The maximum absolute atomic E-state index is 11.0. The van der Waals surface area contributed by atoms with Gasteiger partial charge < -0.3 is 9.72 Å². The molecule has 0 saturated heterocycles. The topological polar surface area (TPSA) is 42.1 Å². The van der Waals surface area contributed by atoms with Gasteiger partial charge in [-0.05, 0) is 13.8 Å². The first kappa shape index (κ1) is 7.85. The van der Waals surface area contributed by atoms with E-state index in [1.54, 1.807) is 20.2 Å². The third-order valence-electron chi connectivity index (χ3n) is 1.66. The molecule has 0 atom stereocenters. The molecule has 0 unspecified atom stereocenters. The van der Waals surface area contributed by atoms with E-state index in [0.717, 1.165) is 5.56 Å². The zero-order chi connectivity index (χ0) is 8.43. The number of aryl methyl sites for hydroxylation is 1. The standard InChI is InChI=1S/C8H11NO2/c1-5-4-9-8(10)6(2)7(5)11-3/h4H,1-3H3,(H,9,10). The third-order valence-corrected chi connectivity index (χ3v) is 1.66. The normalized spacial score (nSPS) is 9.73. The van der Waals surface area contributed by atoms with Gasteiger partial charge in [-0.15, -0.1) is 0 Å². The number of pyridine rings is 1. The lowest BCUT2D eigenvalue weighted by Gasteiger charge is -2.05. The molecule has 0 bridgehead atoms. The molecular weight excluding hydrogens is 142 g/mol. The molecule has 3 heteroatoms. The molecule has 60 valence electrons. The van der Waals surface area contributed by atoms with Gasteiger partial charge in [0, 0.05) is 11.8 Å². The predicted octanol–water partition coefficient (Wildman–Crippen LogP) is 1.00. The highest BCUT2D eigenvalue weighted by atomic mass is 16.5. The molecule has 0 aliphatic heterocycles. The molecule has 0 fully saturated rings. The van der Waals surface area contributed by atoms with Crippen molar-refractivity contribution in [1.29, 1.82) is 0 Å². The van der Waals surface area contributed by atoms with E-state index in [1.807, 2.05) is 6.92 Å². The monoisotopic (exact) mass is 153 g/mol. The van der Waals surface area contributed by atoms with Crippen LogP contribution in [0.15, 0.2) is 11.0 Å². The van der Waals surface area contributed by atoms with Crippen LogP contribution in [-0.4, -0.2) is 12.1 Å². The van der Waals surface area contributed by atoms with Gasteiger partial charge in [0.15, 0.2) is 0 Å². The summed E-state index contributed by atoms with van der Waals surface area (Å²) in [5, 5.41) is 0. The van der Waals surface area contributed by atoms with E-state index in [1.165, 1.54) is 0 Å². The maximum Gasteiger partial charge on any atom is 0.254 e.